The standard InChI is InChI=1S/C28H22F3N2O3.Na/c29-28(30,31)26(34,20-33(35)36)24-18-10-11-19-25(24)32-27(21-12-4-1-5-13-21,22-14-6-2-7-15-22)23-16-8-3-9-17-23;/h1-19,32H,20H2;/q-1;+1. The van der Waals surface area contributed by atoms with Crippen LogP contribution in [-0.2, 0) is 11.1 Å². The van der Waals surface area contributed by atoms with E-state index in [0.29, 0.717) is 16.7 Å². The molecule has 0 aliphatic carbocycles. The average Bonchev–Trinajstić information content (AvgIpc) is 2.88. The van der Waals surface area contributed by atoms with Gasteiger partial charge in [0.05, 0.1) is 5.60 Å². The van der Waals surface area contributed by atoms with Gasteiger partial charge in [0.15, 0.2) is 0 Å². The Hall–Kier alpha value is -3.17. The number of hydrogen-bond acceptors (Lipinski definition) is 4. The van der Waals surface area contributed by atoms with Crippen LogP contribution in [0.5, 0.6) is 0 Å². The molecular weight excluding hydrogens is 492 g/mol. The first-order chi connectivity index (χ1) is 17.2. The van der Waals surface area contributed by atoms with E-state index in [-0.39, 0.29) is 35.2 Å². The second kappa shape index (κ2) is 11.5. The molecule has 1 atom stereocenters. The number of nitrogens with zero attached hydrogens (tertiary/aromatic N) is 1. The van der Waals surface area contributed by atoms with Crippen LogP contribution in [0.1, 0.15) is 22.3 Å². The molecule has 0 aliphatic rings. The molecule has 0 radical (unpaired) electrons. The Bertz CT molecular complexity index is 1230. The summed E-state index contributed by atoms with van der Waals surface area (Å²) in [4.78, 5) is 9.95. The molecule has 37 heavy (non-hydrogen) atoms. The number of nitro groups is 1. The first kappa shape index (κ1) is 28.4. The molecular formula is C28H22F3N2NaO3. The molecule has 9 heteroatoms. The van der Waals surface area contributed by atoms with E-state index in [1.54, 1.807) is 0 Å². The van der Waals surface area contributed by atoms with Gasteiger partial charge in [-0.1, -0.05) is 109 Å². The fraction of sp³-hybridized carbons (Fsp3) is 0.143. The summed E-state index contributed by atoms with van der Waals surface area (Å²) in [5.74, 6) is 0. The van der Waals surface area contributed by atoms with E-state index in [2.05, 4.69) is 5.32 Å². The summed E-state index contributed by atoms with van der Waals surface area (Å²) in [5.41, 5.74) is -3.97. The predicted molar refractivity (Wildman–Crippen MR) is 129 cm³/mol. The van der Waals surface area contributed by atoms with Gasteiger partial charge >= 0.3 is 35.7 Å². The van der Waals surface area contributed by atoms with Gasteiger partial charge < -0.3 is 10.4 Å². The number of benzene rings is 4. The van der Waals surface area contributed by atoms with Gasteiger partial charge in [0.2, 0.25) is 6.54 Å². The van der Waals surface area contributed by atoms with Gasteiger partial charge in [-0.2, -0.15) is 13.2 Å². The Morgan fingerprint density at radius 1 is 0.676 bits per heavy atom. The van der Waals surface area contributed by atoms with Gasteiger partial charge in [0.25, 0.3) is 0 Å². The van der Waals surface area contributed by atoms with Crippen LogP contribution in [0.2, 0.25) is 0 Å². The smallest absolute Gasteiger partial charge is 0.835 e. The van der Waals surface area contributed by atoms with Crippen molar-refractivity contribution in [2.24, 2.45) is 0 Å². The molecule has 1 N–H and O–H groups in total. The molecule has 4 rings (SSSR count). The Kier molecular flexibility index (Phi) is 8.81. The molecule has 0 aromatic heterocycles. The molecule has 0 amide bonds. The van der Waals surface area contributed by atoms with Gasteiger partial charge in [-0.25, -0.2) is 0 Å². The van der Waals surface area contributed by atoms with E-state index in [4.69, 9.17) is 0 Å². The van der Waals surface area contributed by atoms with Crippen LogP contribution in [0.15, 0.2) is 115 Å². The first-order valence-electron chi connectivity index (χ1n) is 11.1. The summed E-state index contributed by atoms with van der Waals surface area (Å²) in [5, 5.41) is 27.7. The molecule has 4 aromatic carbocycles. The van der Waals surface area contributed by atoms with Gasteiger partial charge in [0.1, 0.15) is 5.54 Å². The maximum Gasteiger partial charge on any atom is 1.00 e. The van der Waals surface area contributed by atoms with Crippen molar-refractivity contribution in [3.05, 3.63) is 148 Å². The van der Waals surface area contributed by atoms with Crippen molar-refractivity contribution in [1.29, 1.82) is 0 Å². The zero-order chi connectivity index (χ0) is 25.8. The Balaban J connectivity index is 0.00000380. The minimum absolute atomic E-state index is 0. The normalized spacial score (nSPS) is 13.2. The summed E-state index contributed by atoms with van der Waals surface area (Å²) < 4.78 is 42.3. The second-order valence-electron chi connectivity index (χ2n) is 8.33. The predicted octanol–water partition coefficient (Wildman–Crippen LogP) is 2.49. The number of anilines is 1. The van der Waals surface area contributed by atoms with Crippen LogP contribution in [0.4, 0.5) is 18.9 Å². The zero-order valence-corrected chi connectivity index (χ0v) is 22.0. The van der Waals surface area contributed by atoms with Gasteiger partial charge in [-0.15, -0.1) is 0 Å². The van der Waals surface area contributed by atoms with Crippen LogP contribution in [-0.4, -0.2) is 17.6 Å². The van der Waals surface area contributed by atoms with Crippen molar-refractivity contribution in [3.8, 4) is 0 Å². The number of hydrogen-bond donors (Lipinski definition) is 1. The van der Waals surface area contributed by atoms with Crippen molar-refractivity contribution in [2.45, 2.75) is 17.3 Å². The molecule has 0 fully saturated rings. The summed E-state index contributed by atoms with van der Waals surface area (Å²) in [7, 11) is 0. The number of para-hydroxylation sites is 1. The average molecular weight is 514 g/mol. The summed E-state index contributed by atoms with van der Waals surface area (Å²) in [6, 6.07) is 32.4. The monoisotopic (exact) mass is 514 g/mol. The third-order valence-corrected chi connectivity index (χ3v) is 6.11. The number of halogens is 3. The van der Waals surface area contributed by atoms with Crippen molar-refractivity contribution in [1.82, 2.24) is 0 Å². The molecule has 0 spiro atoms. The van der Waals surface area contributed by atoms with Crippen LogP contribution >= 0.6 is 0 Å². The zero-order valence-electron chi connectivity index (χ0n) is 20.0. The summed E-state index contributed by atoms with van der Waals surface area (Å²) in [6.07, 6.45) is -5.41. The van der Waals surface area contributed by atoms with E-state index in [1.807, 2.05) is 91.0 Å². The Morgan fingerprint density at radius 3 is 1.43 bits per heavy atom. The third kappa shape index (κ3) is 5.57. The molecule has 1 unspecified atom stereocenters. The fourth-order valence-corrected chi connectivity index (χ4v) is 4.44. The van der Waals surface area contributed by atoms with E-state index < -0.39 is 34.3 Å². The maximum absolute atomic E-state index is 14.1. The molecule has 0 saturated carbocycles. The van der Waals surface area contributed by atoms with E-state index in [9.17, 15) is 28.4 Å². The largest absolute Gasteiger partial charge is 1.00 e. The van der Waals surface area contributed by atoms with Crippen molar-refractivity contribution in [2.75, 3.05) is 11.9 Å². The molecule has 0 saturated heterocycles. The van der Waals surface area contributed by atoms with Crippen molar-refractivity contribution in [3.63, 3.8) is 0 Å². The summed E-state index contributed by atoms with van der Waals surface area (Å²) >= 11 is 0. The Labute approximate surface area is 234 Å². The third-order valence-electron chi connectivity index (χ3n) is 6.11. The van der Waals surface area contributed by atoms with Crippen LogP contribution in [0, 0.1) is 10.1 Å². The minimum Gasteiger partial charge on any atom is -0.835 e. The van der Waals surface area contributed by atoms with Crippen molar-refractivity contribution >= 4 is 5.69 Å². The van der Waals surface area contributed by atoms with Crippen LogP contribution < -0.4 is 40.0 Å². The molecule has 0 heterocycles. The van der Waals surface area contributed by atoms with Crippen molar-refractivity contribution < 1.29 is 52.8 Å². The van der Waals surface area contributed by atoms with Gasteiger partial charge in [-0.05, 0) is 28.3 Å². The molecule has 184 valence electrons. The minimum atomic E-state index is -5.41. The summed E-state index contributed by atoms with van der Waals surface area (Å²) in [6.45, 7) is -1.84. The second-order valence-corrected chi connectivity index (χ2v) is 8.33. The molecule has 5 nitrogen and oxygen atoms in total. The first-order valence-corrected chi connectivity index (χ1v) is 11.1. The van der Waals surface area contributed by atoms with E-state index >= 15 is 0 Å². The maximum atomic E-state index is 14.1. The number of nitrogens with one attached hydrogen (secondary N) is 1. The number of rotatable bonds is 8. The van der Waals surface area contributed by atoms with Crippen LogP contribution in [0.3, 0.4) is 0 Å². The van der Waals surface area contributed by atoms with Crippen LogP contribution in [0.25, 0.3) is 0 Å². The SMILES string of the molecule is O=[N+]([O-])CC([O-])(c1ccccc1NC(c1ccccc1)(c1ccccc1)c1ccccc1)C(F)(F)F.[Na+]. The van der Waals surface area contributed by atoms with E-state index in [1.165, 1.54) is 18.2 Å². The van der Waals surface area contributed by atoms with Gasteiger partial charge in [0, 0.05) is 10.6 Å². The molecule has 0 bridgehead atoms. The fourth-order valence-electron chi connectivity index (χ4n) is 4.44. The Morgan fingerprint density at radius 2 is 1.05 bits per heavy atom. The van der Waals surface area contributed by atoms with E-state index in [0.717, 1.165) is 6.07 Å². The number of alkyl halides is 3. The topological polar surface area (TPSA) is 78.2 Å². The van der Waals surface area contributed by atoms with Gasteiger partial charge in [-0.3, -0.25) is 10.1 Å². The quantitative estimate of drug-likeness (QED) is 0.170. The molecule has 4 aromatic rings. The molecule has 0 aliphatic heterocycles.